The first-order valence-electron chi connectivity index (χ1n) is 5.56. The summed E-state index contributed by atoms with van der Waals surface area (Å²) in [6, 6.07) is 3.94. The van der Waals surface area contributed by atoms with Crippen LogP contribution in [0.25, 0.3) is 0 Å². The molecule has 6 heteroatoms. The van der Waals surface area contributed by atoms with Crippen LogP contribution in [0.4, 0.5) is 5.69 Å². The number of carbonyl (C=O) groups is 1. The van der Waals surface area contributed by atoms with Gasteiger partial charge in [0, 0.05) is 18.7 Å². The van der Waals surface area contributed by atoms with E-state index in [4.69, 9.17) is 4.74 Å². The van der Waals surface area contributed by atoms with E-state index in [0.29, 0.717) is 18.2 Å². The van der Waals surface area contributed by atoms with E-state index in [1.807, 2.05) is 13.8 Å². The van der Waals surface area contributed by atoms with Crippen LogP contribution in [0, 0.1) is 16.0 Å². The number of rotatable bonds is 5. The van der Waals surface area contributed by atoms with Crippen LogP contribution in [0.3, 0.4) is 0 Å². The molecule has 1 rings (SSSR count). The Morgan fingerprint density at radius 1 is 1.50 bits per heavy atom. The first-order valence-corrected chi connectivity index (χ1v) is 5.56. The third-order valence-electron chi connectivity index (χ3n) is 2.31. The van der Waals surface area contributed by atoms with Crippen molar-refractivity contribution in [2.24, 2.45) is 5.92 Å². The molecule has 18 heavy (non-hydrogen) atoms. The molecule has 1 amide bonds. The van der Waals surface area contributed by atoms with Gasteiger partial charge >= 0.3 is 0 Å². The lowest BCUT2D eigenvalue weighted by Gasteiger charge is -2.10. The molecular weight excluding hydrogens is 236 g/mol. The van der Waals surface area contributed by atoms with Crippen molar-refractivity contribution in [1.82, 2.24) is 5.32 Å². The summed E-state index contributed by atoms with van der Waals surface area (Å²) >= 11 is 0. The van der Waals surface area contributed by atoms with Gasteiger partial charge in [-0.1, -0.05) is 13.8 Å². The average molecular weight is 252 g/mol. The minimum Gasteiger partial charge on any atom is -0.496 e. The molecule has 0 bridgehead atoms. The summed E-state index contributed by atoms with van der Waals surface area (Å²) in [5.41, 5.74) is 0.0397. The van der Waals surface area contributed by atoms with Crippen molar-refractivity contribution in [3.8, 4) is 5.75 Å². The number of nitrogens with zero attached hydrogens (tertiary/aromatic N) is 1. The maximum absolute atomic E-state index is 11.9. The summed E-state index contributed by atoms with van der Waals surface area (Å²) in [6.45, 7) is 4.43. The summed E-state index contributed by atoms with van der Waals surface area (Å²) in [4.78, 5) is 22.0. The molecule has 0 radical (unpaired) electrons. The maximum Gasteiger partial charge on any atom is 0.270 e. The second-order valence-corrected chi connectivity index (χ2v) is 4.25. The van der Waals surface area contributed by atoms with E-state index in [9.17, 15) is 14.9 Å². The van der Waals surface area contributed by atoms with Gasteiger partial charge in [-0.15, -0.1) is 0 Å². The van der Waals surface area contributed by atoms with Gasteiger partial charge in [0.2, 0.25) is 0 Å². The predicted molar refractivity (Wildman–Crippen MR) is 66.8 cm³/mol. The zero-order valence-electron chi connectivity index (χ0n) is 10.6. The van der Waals surface area contributed by atoms with Gasteiger partial charge in [-0.25, -0.2) is 0 Å². The summed E-state index contributed by atoms with van der Waals surface area (Å²) in [5.74, 6) is 0.254. The van der Waals surface area contributed by atoms with E-state index in [1.54, 1.807) is 0 Å². The smallest absolute Gasteiger partial charge is 0.270 e. The molecule has 0 fully saturated rings. The maximum atomic E-state index is 11.9. The Morgan fingerprint density at radius 2 is 2.17 bits per heavy atom. The number of nitrogens with one attached hydrogen (secondary N) is 1. The van der Waals surface area contributed by atoms with Crippen LogP contribution in [0.1, 0.15) is 24.2 Å². The van der Waals surface area contributed by atoms with E-state index in [-0.39, 0.29) is 17.2 Å². The van der Waals surface area contributed by atoms with Crippen LogP contribution < -0.4 is 10.1 Å². The highest BCUT2D eigenvalue weighted by Gasteiger charge is 2.17. The van der Waals surface area contributed by atoms with Crippen LogP contribution in [0.5, 0.6) is 5.75 Å². The Morgan fingerprint density at radius 3 is 2.67 bits per heavy atom. The molecule has 0 aliphatic heterocycles. The number of benzene rings is 1. The molecule has 1 N–H and O–H groups in total. The Hall–Kier alpha value is -2.11. The number of non-ortho nitro benzene ring substituents is 1. The third-order valence-corrected chi connectivity index (χ3v) is 2.31. The summed E-state index contributed by atoms with van der Waals surface area (Å²) in [7, 11) is 1.42. The van der Waals surface area contributed by atoms with Crippen molar-refractivity contribution in [3.05, 3.63) is 33.9 Å². The molecule has 0 aliphatic carbocycles. The van der Waals surface area contributed by atoms with E-state index in [0.717, 1.165) is 0 Å². The van der Waals surface area contributed by atoms with Gasteiger partial charge in [-0.3, -0.25) is 14.9 Å². The molecule has 0 spiro atoms. The molecule has 0 aliphatic rings. The zero-order chi connectivity index (χ0) is 13.7. The molecule has 0 heterocycles. The molecule has 0 aromatic heterocycles. The molecule has 98 valence electrons. The largest absolute Gasteiger partial charge is 0.496 e. The van der Waals surface area contributed by atoms with Crippen LogP contribution >= 0.6 is 0 Å². The second-order valence-electron chi connectivity index (χ2n) is 4.25. The highest BCUT2D eigenvalue weighted by atomic mass is 16.6. The fourth-order valence-electron chi connectivity index (χ4n) is 1.38. The number of nitro benzene ring substituents is 1. The molecular formula is C12H16N2O4. The third kappa shape index (κ3) is 3.44. The Labute approximate surface area is 105 Å². The van der Waals surface area contributed by atoms with Crippen molar-refractivity contribution in [2.75, 3.05) is 13.7 Å². The molecule has 0 saturated carbocycles. The summed E-state index contributed by atoms with van der Waals surface area (Å²) in [5, 5.41) is 13.4. The number of methoxy groups -OCH3 is 1. The van der Waals surface area contributed by atoms with Gasteiger partial charge in [-0.05, 0) is 12.0 Å². The van der Waals surface area contributed by atoms with Crippen LogP contribution in [0.2, 0.25) is 0 Å². The highest BCUT2D eigenvalue weighted by Crippen LogP contribution is 2.23. The molecule has 1 aromatic rings. The predicted octanol–water partition coefficient (Wildman–Crippen LogP) is 1.99. The van der Waals surface area contributed by atoms with Crippen molar-refractivity contribution in [1.29, 1.82) is 0 Å². The standard InChI is InChI=1S/C12H16N2O4/c1-8(2)7-13-12(15)10-6-9(14(16)17)4-5-11(10)18-3/h4-6,8H,7H2,1-3H3,(H,13,15). The Bertz CT molecular complexity index is 457. The molecule has 1 aromatic carbocycles. The minimum atomic E-state index is -0.543. The summed E-state index contributed by atoms with van der Waals surface area (Å²) < 4.78 is 5.02. The average Bonchev–Trinajstić information content (AvgIpc) is 2.34. The Balaban J connectivity index is 3.00. The SMILES string of the molecule is COc1ccc([N+](=O)[O-])cc1C(=O)NCC(C)C. The van der Waals surface area contributed by atoms with Gasteiger partial charge in [0.05, 0.1) is 17.6 Å². The number of hydrogen-bond acceptors (Lipinski definition) is 4. The number of nitro groups is 1. The van der Waals surface area contributed by atoms with Crippen molar-refractivity contribution in [2.45, 2.75) is 13.8 Å². The van der Waals surface area contributed by atoms with Crippen LogP contribution in [-0.4, -0.2) is 24.5 Å². The number of hydrogen-bond donors (Lipinski definition) is 1. The van der Waals surface area contributed by atoms with E-state index in [2.05, 4.69) is 5.32 Å². The lowest BCUT2D eigenvalue weighted by atomic mass is 10.1. The quantitative estimate of drug-likeness (QED) is 0.641. The first kappa shape index (κ1) is 14.0. The fraction of sp³-hybridized carbons (Fsp3) is 0.417. The van der Waals surface area contributed by atoms with Crippen LogP contribution in [-0.2, 0) is 0 Å². The Kier molecular flexibility index (Phi) is 4.65. The van der Waals surface area contributed by atoms with E-state index < -0.39 is 4.92 Å². The van der Waals surface area contributed by atoms with Gasteiger partial charge in [0.1, 0.15) is 5.75 Å². The van der Waals surface area contributed by atoms with E-state index >= 15 is 0 Å². The van der Waals surface area contributed by atoms with Crippen LogP contribution in [0.15, 0.2) is 18.2 Å². The van der Waals surface area contributed by atoms with Gasteiger partial charge < -0.3 is 10.1 Å². The number of ether oxygens (including phenoxy) is 1. The van der Waals surface area contributed by atoms with Gasteiger partial charge in [0.25, 0.3) is 11.6 Å². The zero-order valence-corrected chi connectivity index (χ0v) is 10.6. The topological polar surface area (TPSA) is 81.5 Å². The second kappa shape index (κ2) is 6.00. The molecule has 0 unspecified atom stereocenters. The molecule has 0 atom stereocenters. The molecule has 0 saturated heterocycles. The minimum absolute atomic E-state index is 0.134. The van der Waals surface area contributed by atoms with E-state index in [1.165, 1.54) is 25.3 Å². The van der Waals surface area contributed by atoms with Gasteiger partial charge in [-0.2, -0.15) is 0 Å². The lowest BCUT2D eigenvalue weighted by Crippen LogP contribution is -2.27. The molecule has 6 nitrogen and oxygen atoms in total. The lowest BCUT2D eigenvalue weighted by molar-refractivity contribution is -0.384. The monoisotopic (exact) mass is 252 g/mol. The number of carbonyl (C=O) groups excluding carboxylic acids is 1. The van der Waals surface area contributed by atoms with Gasteiger partial charge in [0.15, 0.2) is 0 Å². The first-order chi connectivity index (χ1) is 8.45. The van der Waals surface area contributed by atoms with Crippen molar-refractivity contribution < 1.29 is 14.5 Å². The summed E-state index contributed by atoms with van der Waals surface area (Å²) in [6.07, 6.45) is 0. The fourth-order valence-corrected chi connectivity index (χ4v) is 1.38. The highest BCUT2D eigenvalue weighted by molar-refractivity contribution is 5.97. The number of amides is 1. The normalized spacial score (nSPS) is 10.2. The van der Waals surface area contributed by atoms with Crippen molar-refractivity contribution in [3.63, 3.8) is 0 Å². The van der Waals surface area contributed by atoms with Crippen molar-refractivity contribution >= 4 is 11.6 Å².